The van der Waals surface area contributed by atoms with Crippen molar-refractivity contribution in [1.29, 1.82) is 0 Å². The number of hydrogen-bond acceptors (Lipinski definition) is 2. The van der Waals surface area contributed by atoms with Gasteiger partial charge in [0.15, 0.2) is 0 Å². The number of ether oxygens (including phenoxy) is 1. The Morgan fingerprint density at radius 1 is 1.24 bits per heavy atom. The van der Waals surface area contributed by atoms with Crippen LogP contribution in [0.2, 0.25) is 0 Å². The Morgan fingerprint density at radius 3 is 2.52 bits per heavy atom. The molecule has 2 atom stereocenters. The first-order valence-electron chi connectivity index (χ1n) is 8.18. The molecule has 1 saturated heterocycles. The molecule has 3 rings (SSSR count). The second-order valence-electron chi connectivity index (χ2n) is 7.20. The van der Waals surface area contributed by atoms with Gasteiger partial charge in [-0.25, -0.2) is 0 Å². The molecule has 1 aliphatic carbocycles. The lowest BCUT2D eigenvalue weighted by molar-refractivity contribution is -0.0209. The molecule has 0 aromatic heterocycles. The highest BCUT2D eigenvalue weighted by atomic mass is 79.9. The monoisotopic (exact) mass is 351 g/mol. The van der Waals surface area contributed by atoms with Gasteiger partial charge in [0.2, 0.25) is 0 Å². The van der Waals surface area contributed by atoms with Gasteiger partial charge in [0, 0.05) is 17.1 Å². The zero-order valence-corrected chi connectivity index (χ0v) is 14.7. The van der Waals surface area contributed by atoms with Crippen molar-refractivity contribution in [1.82, 2.24) is 5.32 Å². The van der Waals surface area contributed by atoms with E-state index in [0.29, 0.717) is 12.0 Å². The average Bonchev–Trinajstić information content (AvgIpc) is 3.20. The number of benzene rings is 1. The molecule has 1 N–H and O–H groups in total. The van der Waals surface area contributed by atoms with Crippen molar-refractivity contribution in [3.63, 3.8) is 0 Å². The summed E-state index contributed by atoms with van der Waals surface area (Å²) in [5.41, 5.74) is 1.50. The van der Waals surface area contributed by atoms with E-state index in [9.17, 15) is 0 Å². The Balaban J connectivity index is 1.64. The van der Waals surface area contributed by atoms with Gasteiger partial charge in [0.1, 0.15) is 0 Å². The van der Waals surface area contributed by atoms with Gasteiger partial charge in [-0.3, -0.25) is 0 Å². The minimum absolute atomic E-state index is 0.0683. The zero-order chi connectivity index (χ0) is 14.9. The van der Waals surface area contributed by atoms with Crippen LogP contribution in [0.5, 0.6) is 0 Å². The highest BCUT2D eigenvalue weighted by Gasteiger charge is 2.33. The van der Waals surface area contributed by atoms with Gasteiger partial charge in [-0.05, 0) is 69.6 Å². The van der Waals surface area contributed by atoms with Crippen LogP contribution in [0.4, 0.5) is 0 Å². The maximum absolute atomic E-state index is 6.21. The molecule has 1 saturated carbocycles. The Kier molecular flexibility index (Phi) is 4.72. The smallest absolute Gasteiger partial charge is 0.0631 e. The molecular formula is C18H26BrNO. The molecule has 2 aliphatic rings. The Morgan fingerprint density at radius 2 is 1.95 bits per heavy atom. The van der Waals surface area contributed by atoms with Crippen LogP contribution in [0.1, 0.15) is 57.4 Å². The van der Waals surface area contributed by atoms with Crippen molar-refractivity contribution in [3.05, 3.63) is 34.3 Å². The van der Waals surface area contributed by atoms with E-state index >= 15 is 0 Å². The highest BCUT2D eigenvalue weighted by Crippen LogP contribution is 2.35. The predicted octanol–water partition coefficient (Wildman–Crippen LogP) is 4.63. The molecule has 1 aromatic carbocycles. The summed E-state index contributed by atoms with van der Waals surface area (Å²) in [4.78, 5) is 0. The summed E-state index contributed by atoms with van der Waals surface area (Å²) >= 11 is 3.53. The van der Waals surface area contributed by atoms with Gasteiger partial charge in [-0.1, -0.05) is 28.1 Å². The van der Waals surface area contributed by atoms with Crippen LogP contribution in [0, 0.1) is 0 Å². The van der Waals surface area contributed by atoms with E-state index in [4.69, 9.17) is 4.74 Å². The van der Waals surface area contributed by atoms with Crippen molar-refractivity contribution in [2.24, 2.45) is 0 Å². The molecule has 116 valence electrons. The number of nitrogens with one attached hydrogen (secondary N) is 1. The van der Waals surface area contributed by atoms with Gasteiger partial charge < -0.3 is 10.1 Å². The second-order valence-corrected chi connectivity index (χ2v) is 8.12. The molecule has 0 spiro atoms. The lowest BCUT2D eigenvalue weighted by atomic mass is 9.92. The molecule has 1 aliphatic heterocycles. The summed E-state index contributed by atoms with van der Waals surface area (Å²) in [6, 6.07) is 9.58. The summed E-state index contributed by atoms with van der Waals surface area (Å²) in [7, 11) is 0. The lowest BCUT2D eigenvalue weighted by Gasteiger charge is -2.24. The van der Waals surface area contributed by atoms with Crippen LogP contribution in [0.15, 0.2) is 28.7 Å². The summed E-state index contributed by atoms with van der Waals surface area (Å²) < 4.78 is 7.36. The molecule has 2 nitrogen and oxygen atoms in total. The zero-order valence-electron chi connectivity index (χ0n) is 13.1. The Hall–Kier alpha value is -0.380. The fourth-order valence-corrected chi connectivity index (χ4v) is 3.49. The summed E-state index contributed by atoms with van der Waals surface area (Å²) in [6.45, 7) is 5.50. The number of hydrogen-bond donors (Lipinski definition) is 1. The first kappa shape index (κ1) is 15.5. The van der Waals surface area contributed by atoms with E-state index in [1.807, 2.05) is 0 Å². The van der Waals surface area contributed by atoms with Crippen LogP contribution in [-0.2, 0) is 4.74 Å². The third-order valence-corrected chi connectivity index (χ3v) is 5.20. The van der Waals surface area contributed by atoms with E-state index < -0.39 is 0 Å². The minimum Gasteiger partial charge on any atom is -0.372 e. The largest absolute Gasteiger partial charge is 0.372 e. The van der Waals surface area contributed by atoms with Gasteiger partial charge in [0.25, 0.3) is 0 Å². The van der Waals surface area contributed by atoms with Crippen molar-refractivity contribution >= 4 is 15.9 Å². The van der Waals surface area contributed by atoms with Gasteiger partial charge in [0.05, 0.1) is 11.7 Å². The van der Waals surface area contributed by atoms with E-state index in [1.54, 1.807) is 0 Å². The standard InChI is InChI=1S/C18H26BrNO/c1-18(2)10-9-17(21-18)11-14(12-20-16-7-8-16)13-3-5-15(19)6-4-13/h3-6,14,16-17,20H,7-12H2,1-2H3. The Labute approximate surface area is 136 Å². The third kappa shape index (κ3) is 4.54. The topological polar surface area (TPSA) is 21.3 Å². The predicted molar refractivity (Wildman–Crippen MR) is 90.7 cm³/mol. The van der Waals surface area contributed by atoms with Gasteiger partial charge in [-0.2, -0.15) is 0 Å². The molecule has 0 amide bonds. The number of rotatable bonds is 6. The van der Waals surface area contributed by atoms with Crippen LogP contribution in [-0.4, -0.2) is 24.3 Å². The van der Waals surface area contributed by atoms with E-state index in [0.717, 1.165) is 23.5 Å². The molecule has 2 fully saturated rings. The minimum atomic E-state index is 0.0683. The van der Waals surface area contributed by atoms with Crippen LogP contribution in [0.25, 0.3) is 0 Å². The summed E-state index contributed by atoms with van der Waals surface area (Å²) in [6.07, 6.45) is 6.62. The normalized spacial score (nSPS) is 26.0. The molecule has 1 aromatic rings. The van der Waals surface area contributed by atoms with E-state index in [2.05, 4.69) is 59.4 Å². The lowest BCUT2D eigenvalue weighted by Crippen LogP contribution is -2.27. The first-order chi connectivity index (χ1) is 10.0. The van der Waals surface area contributed by atoms with E-state index in [-0.39, 0.29) is 5.60 Å². The molecular weight excluding hydrogens is 326 g/mol. The molecule has 0 bridgehead atoms. The van der Waals surface area contributed by atoms with Crippen molar-refractivity contribution in [2.45, 2.75) is 69.6 Å². The van der Waals surface area contributed by atoms with Crippen molar-refractivity contribution in [2.75, 3.05) is 6.54 Å². The SMILES string of the molecule is CC1(C)CCC(CC(CNC2CC2)c2ccc(Br)cc2)O1. The van der Waals surface area contributed by atoms with E-state index in [1.165, 1.54) is 31.2 Å². The number of halogens is 1. The molecule has 1 heterocycles. The van der Waals surface area contributed by atoms with Crippen LogP contribution >= 0.6 is 15.9 Å². The molecule has 21 heavy (non-hydrogen) atoms. The van der Waals surface area contributed by atoms with Gasteiger partial charge in [-0.15, -0.1) is 0 Å². The molecule has 2 unspecified atom stereocenters. The fourth-order valence-electron chi connectivity index (χ4n) is 3.23. The van der Waals surface area contributed by atoms with Gasteiger partial charge >= 0.3 is 0 Å². The van der Waals surface area contributed by atoms with Crippen LogP contribution < -0.4 is 5.32 Å². The van der Waals surface area contributed by atoms with Crippen molar-refractivity contribution in [3.8, 4) is 0 Å². The maximum atomic E-state index is 6.21. The summed E-state index contributed by atoms with van der Waals surface area (Å²) in [5, 5.41) is 3.70. The molecule has 0 radical (unpaired) electrons. The highest BCUT2D eigenvalue weighted by molar-refractivity contribution is 9.10. The third-order valence-electron chi connectivity index (χ3n) is 4.67. The molecule has 3 heteroatoms. The summed E-state index contributed by atoms with van der Waals surface area (Å²) in [5.74, 6) is 0.553. The van der Waals surface area contributed by atoms with Crippen molar-refractivity contribution < 1.29 is 4.74 Å². The second kappa shape index (κ2) is 6.39. The van der Waals surface area contributed by atoms with Crippen LogP contribution in [0.3, 0.4) is 0 Å². The average molecular weight is 352 g/mol. The fraction of sp³-hybridized carbons (Fsp3) is 0.667. The maximum Gasteiger partial charge on any atom is 0.0631 e. The first-order valence-corrected chi connectivity index (χ1v) is 8.98. The Bertz CT molecular complexity index is 467. The quantitative estimate of drug-likeness (QED) is 0.806.